The van der Waals surface area contributed by atoms with Gasteiger partial charge in [-0.15, -0.1) is 0 Å². The Morgan fingerprint density at radius 2 is 1.72 bits per heavy atom. The Labute approximate surface area is 384 Å². The van der Waals surface area contributed by atoms with Crippen LogP contribution >= 0.6 is 11.8 Å². The minimum absolute atomic E-state index is 0.0193. The lowest BCUT2D eigenvalue weighted by Gasteiger charge is -2.59. The molecule has 6 atom stereocenters. The molecule has 1 fully saturated rings. The van der Waals surface area contributed by atoms with E-state index in [0.717, 1.165) is 27.8 Å². The number of phenols is 1. The average Bonchev–Trinajstić information content (AvgIpc) is 3.89. The fourth-order valence-electron chi connectivity index (χ4n) is 11.0. The van der Waals surface area contributed by atoms with E-state index in [1.165, 1.54) is 22.3 Å². The number of aromatic hydroxyl groups is 1. The Hall–Kier alpha value is -5.88. The van der Waals surface area contributed by atoms with Gasteiger partial charge in [-0.05, 0) is 87.9 Å². The molecule has 9 rings (SSSR count). The molecule has 340 valence electrons. The standard InChI is InChI=1S/C51H56N4O9S/c1-9-18-60-46-28(3)47-48(63-26-62-47)42-34(46)21-38-43-41-29(19-27(2)45(59-8)44(41)56)20-37(54(43)7)39(22-52)55(38)40(42)23-61-49(57)36(53-50(58)64-51(4,5)6)25-65-24-35-32-16-12-10-14-30(32)31-15-11-13-17-33(31)35/h9-17,19,35-40,43,56H,1,18,20-21,23-26H2,2-8H3,(H,53,58)/t36-,37+,38?,39+,40+,43-/m1/s1. The molecule has 2 bridgehead atoms. The van der Waals surface area contributed by atoms with E-state index in [1.54, 1.807) is 45.7 Å². The zero-order valence-electron chi connectivity index (χ0n) is 37.9. The lowest BCUT2D eigenvalue weighted by atomic mass is 9.71. The van der Waals surface area contributed by atoms with E-state index in [2.05, 4.69) is 58.1 Å². The summed E-state index contributed by atoms with van der Waals surface area (Å²) in [6.45, 7) is 13.1. The van der Waals surface area contributed by atoms with E-state index in [9.17, 15) is 20.0 Å². The van der Waals surface area contributed by atoms with Gasteiger partial charge in [-0.2, -0.15) is 17.0 Å². The van der Waals surface area contributed by atoms with Crippen LogP contribution in [-0.4, -0.2) is 102 Å². The van der Waals surface area contributed by atoms with Crippen molar-refractivity contribution in [2.24, 2.45) is 0 Å². The first kappa shape index (κ1) is 44.3. The van der Waals surface area contributed by atoms with E-state index >= 15 is 0 Å². The first-order valence-electron chi connectivity index (χ1n) is 22.1. The third-order valence-corrected chi connectivity index (χ3v) is 14.6. The van der Waals surface area contributed by atoms with Gasteiger partial charge in [-0.1, -0.05) is 67.3 Å². The van der Waals surface area contributed by atoms with E-state index in [4.69, 9.17) is 28.4 Å². The summed E-state index contributed by atoms with van der Waals surface area (Å²) in [6.07, 6.45) is 1.85. The Morgan fingerprint density at radius 1 is 1.03 bits per heavy atom. The number of thioether (sulfide) groups is 1. The first-order chi connectivity index (χ1) is 31.3. The van der Waals surface area contributed by atoms with Gasteiger partial charge in [0.1, 0.15) is 36.6 Å². The summed E-state index contributed by atoms with van der Waals surface area (Å²) in [4.78, 5) is 32.4. The number of fused-ring (bicyclic) bond motifs is 12. The van der Waals surface area contributed by atoms with Gasteiger partial charge in [0.15, 0.2) is 23.0 Å². The van der Waals surface area contributed by atoms with Crippen LogP contribution in [0.3, 0.4) is 0 Å². The molecule has 0 saturated carbocycles. The number of likely N-dealkylation sites (N-methyl/N-ethyl adjacent to an activating group) is 1. The summed E-state index contributed by atoms with van der Waals surface area (Å²) in [6, 6.07) is 17.9. The Balaban J connectivity index is 1.08. The van der Waals surface area contributed by atoms with Gasteiger partial charge in [-0.3, -0.25) is 9.80 Å². The molecule has 14 heteroatoms. The molecule has 4 aromatic rings. The lowest BCUT2D eigenvalue weighted by Crippen LogP contribution is -2.68. The normalized spacial score (nSPS) is 22.0. The number of alkyl carbamates (subject to hydrolysis) is 1. The highest BCUT2D eigenvalue weighted by Crippen LogP contribution is 2.58. The number of rotatable bonds is 12. The summed E-state index contributed by atoms with van der Waals surface area (Å²) in [5.41, 5.74) is 8.88. The third kappa shape index (κ3) is 7.71. The van der Waals surface area contributed by atoms with Crippen molar-refractivity contribution >= 4 is 23.8 Å². The maximum atomic E-state index is 14.7. The number of hydrogen-bond donors (Lipinski definition) is 2. The van der Waals surface area contributed by atoms with Crippen LogP contribution in [0.1, 0.15) is 83.3 Å². The van der Waals surface area contributed by atoms with Crippen molar-refractivity contribution in [2.45, 2.75) is 95.2 Å². The van der Waals surface area contributed by atoms with Crippen molar-refractivity contribution in [1.82, 2.24) is 15.1 Å². The van der Waals surface area contributed by atoms with E-state index in [-0.39, 0.29) is 43.5 Å². The number of amides is 1. The predicted molar refractivity (Wildman–Crippen MR) is 247 cm³/mol. The van der Waals surface area contributed by atoms with Gasteiger partial charge in [0.25, 0.3) is 0 Å². The molecular formula is C51H56N4O9S. The van der Waals surface area contributed by atoms with Crippen LogP contribution in [0, 0.1) is 25.2 Å². The van der Waals surface area contributed by atoms with Crippen LogP contribution < -0.4 is 24.3 Å². The summed E-state index contributed by atoms with van der Waals surface area (Å²) in [7, 11) is 3.55. The zero-order chi connectivity index (χ0) is 45.9. The highest BCUT2D eigenvalue weighted by Gasteiger charge is 2.57. The number of benzene rings is 4. The fraction of sp³-hybridized carbons (Fsp3) is 0.431. The monoisotopic (exact) mass is 900 g/mol. The molecule has 0 spiro atoms. The molecule has 1 amide bonds. The number of hydrogen-bond acceptors (Lipinski definition) is 13. The van der Waals surface area contributed by atoms with Gasteiger partial charge in [0, 0.05) is 51.8 Å². The number of esters is 1. The van der Waals surface area contributed by atoms with Crippen molar-refractivity contribution in [1.29, 1.82) is 5.26 Å². The Kier molecular flexibility index (Phi) is 11.9. The summed E-state index contributed by atoms with van der Waals surface area (Å²) >= 11 is 1.56. The number of nitrogens with one attached hydrogen (secondary N) is 1. The third-order valence-electron chi connectivity index (χ3n) is 13.5. The molecular weight excluding hydrogens is 845 g/mol. The molecule has 1 aliphatic carbocycles. The summed E-state index contributed by atoms with van der Waals surface area (Å²) in [5.74, 6) is 2.46. The van der Waals surface area contributed by atoms with Crippen LogP contribution in [0.15, 0.2) is 67.3 Å². The largest absolute Gasteiger partial charge is 0.504 e. The van der Waals surface area contributed by atoms with Crippen molar-refractivity contribution < 1.29 is 43.1 Å². The van der Waals surface area contributed by atoms with Crippen LogP contribution in [0.25, 0.3) is 11.1 Å². The maximum Gasteiger partial charge on any atom is 0.408 e. The van der Waals surface area contributed by atoms with Crippen molar-refractivity contribution in [2.75, 3.05) is 45.7 Å². The molecule has 13 nitrogen and oxygen atoms in total. The molecule has 1 saturated heterocycles. The average molecular weight is 901 g/mol. The molecule has 4 aromatic carbocycles. The van der Waals surface area contributed by atoms with E-state index in [0.29, 0.717) is 47.2 Å². The first-order valence-corrected chi connectivity index (χ1v) is 23.3. The SMILES string of the molecule is C=CCOc1c(C)c2c(c3c1CC1[C@@H]4c5c(cc(C)c(OC)c5O)C[C@@H]([C@H](C#N)N1[C@H]3COC(=O)[C@@H](CSCC1c3ccccc3-c3ccccc31)NC(=O)OC(C)(C)C)N4C)OCO2. The van der Waals surface area contributed by atoms with Crippen molar-refractivity contribution in [3.63, 3.8) is 0 Å². The predicted octanol–water partition coefficient (Wildman–Crippen LogP) is 8.06. The number of carbonyl (C=O) groups is 2. The van der Waals surface area contributed by atoms with Crippen LogP contribution in [0.2, 0.25) is 0 Å². The number of nitriles is 1. The minimum Gasteiger partial charge on any atom is -0.504 e. The number of piperazine rings is 1. The van der Waals surface area contributed by atoms with Gasteiger partial charge in [0.05, 0.1) is 25.3 Å². The number of carbonyl (C=O) groups excluding carboxylic acids is 2. The quantitative estimate of drug-likeness (QED) is 0.104. The highest BCUT2D eigenvalue weighted by molar-refractivity contribution is 7.99. The van der Waals surface area contributed by atoms with Crippen molar-refractivity contribution in [3.8, 4) is 45.9 Å². The van der Waals surface area contributed by atoms with Crippen LogP contribution in [0.4, 0.5) is 4.79 Å². The Bertz CT molecular complexity index is 2560. The topological polar surface area (TPSA) is 152 Å². The number of ether oxygens (including phenoxy) is 6. The molecule has 65 heavy (non-hydrogen) atoms. The van der Waals surface area contributed by atoms with E-state index in [1.807, 2.05) is 45.2 Å². The molecule has 2 N–H and O–H groups in total. The number of nitrogens with zero attached hydrogens (tertiary/aromatic N) is 3. The molecule has 5 aliphatic rings. The van der Waals surface area contributed by atoms with Gasteiger partial charge in [-0.25, -0.2) is 9.59 Å². The lowest BCUT2D eigenvalue weighted by molar-refractivity contribution is -0.151. The molecule has 4 heterocycles. The summed E-state index contributed by atoms with van der Waals surface area (Å²) < 4.78 is 36.6. The van der Waals surface area contributed by atoms with Crippen molar-refractivity contribution in [3.05, 3.63) is 112 Å². The van der Waals surface area contributed by atoms with Gasteiger partial charge >= 0.3 is 12.1 Å². The molecule has 1 unspecified atom stereocenters. The van der Waals surface area contributed by atoms with Gasteiger partial charge < -0.3 is 38.8 Å². The second-order valence-electron chi connectivity index (χ2n) is 18.4. The molecule has 4 aliphatic heterocycles. The van der Waals surface area contributed by atoms with Gasteiger partial charge in [0.2, 0.25) is 6.79 Å². The number of aryl methyl sites for hydroxylation is 1. The van der Waals surface area contributed by atoms with E-state index < -0.39 is 47.9 Å². The van der Waals surface area contributed by atoms with Crippen LogP contribution in [0.5, 0.6) is 28.7 Å². The second-order valence-corrected chi connectivity index (χ2v) is 19.5. The maximum absolute atomic E-state index is 14.7. The summed E-state index contributed by atoms with van der Waals surface area (Å²) in [5, 5.41) is 26.0. The highest BCUT2D eigenvalue weighted by atomic mass is 32.2. The number of methoxy groups -OCH3 is 1. The fourth-order valence-corrected chi connectivity index (χ4v) is 12.1. The minimum atomic E-state index is -1.08. The molecule has 0 radical (unpaired) electrons. The number of phenolic OH excluding ortho intramolecular Hbond substituents is 1. The zero-order valence-corrected chi connectivity index (χ0v) is 38.8. The van der Waals surface area contributed by atoms with Crippen LogP contribution in [-0.2, 0) is 27.1 Å². The smallest absolute Gasteiger partial charge is 0.408 e. The molecule has 0 aromatic heterocycles. The second kappa shape index (κ2) is 17.5. The Morgan fingerprint density at radius 3 is 2.38 bits per heavy atom.